The van der Waals surface area contributed by atoms with Gasteiger partial charge in [0.15, 0.2) is 0 Å². The molecular weight excluding hydrogens is 374 g/mol. The van der Waals surface area contributed by atoms with Crippen LogP contribution < -0.4 is 4.74 Å². The van der Waals surface area contributed by atoms with Gasteiger partial charge in [-0.15, -0.1) is 0 Å². The van der Waals surface area contributed by atoms with Gasteiger partial charge in [0.1, 0.15) is 12.4 Å². The lowest BCUT2D eigenvalue weighted by molar-refractivity contribution is 0.305. The number of nitriles is 1. The third-order valence-corrected chi connectivity index (χ3v) is 4.26. The molecule has 122 valence electrons. The molecule has 3 aromatic carbocycles. The predicted molar refractivity (Wildman–Crippen MR) is 105 cm³/mol. The van der Waals surface area contributed by atoms with Gasteiger partial charge in [0, 0.05) is 10.0 Å². The molecule has 0 aliphatic rings. The molecule has 2 nitrogen and oxygen atoms in total. The molecule has 0 N–H and O–H groups in total. The van der Waals surface area contributed by atoms with Gasteiger partial charge in [0.2, 0.25) is 0 Å². The first kappa shape index (κ1) is 17.0. The zero-order chi connectivity index (χ0) is 17.5. The van der Waals surface area contributed by atoms with Crippen molar-refractivity contribution in [3.8, 4) is 11.8 Å². The lowest BCUT2D eigenvalue weighted by Crippen LogP contribution is -1.96. The Bertz CT molecular complexity index is 909. The van der Waals surface area contributed by atoms with E-state index in [-0.39, 0.29) is 0 Å². The van der Waals surface area contributed by atoms with Crippen LogP contribution in [0.5, 0.6) is 5.75 Å². The van der Waals surface area contributed by atoms with E-state index < -0.39 is 0 Å². The Morgan fingerprint density at radius 1 is 0.920 bits per heavy atom. The maximum absolute atomic E-state index is 9.54. The van der Waals surface area contributed by atoms with Crippen molar-refractivity contribution in [3.63, 3.8) is 0 Å². The van der Waals surface area contributed by atoms with Crippen molar-refractivity contribution in [2.45, 2.75) is 6.61 Å². The van der Waals surface area contributed by atoms with Gasteiger partial charge in [0.25, 0.3) is 0 Å². The molecule has 0 bridgehead atoms. The molecule has 0 fully saturated rings. The van der Waals surface area contributed by atoms with E-state index in [1.54, 1.807) is 0 Å². The molecule has 3 rings (SSSR count). The normalized spacial score (nSPS) is 11.0. The molecule has 0 aromatic heterocycles. The Morgan fingerprint density at radius 3 is 2.32 bits per heavy atom. The number of ether oxygens (including phenoxy) is 1. The zero-order valence-corrected chi connectivity index (χ0v) is 15.1. The summed E-state index contributed by atoms with van der Waals surface area (Å²) in [6, 6.07) is 27.8. The number of hydrogen-bond donors (Lipinski definition) is 0. The minimum Gasteiger partial charge on any atom is -0.488 e. The first-order valence-corrected chi connectivity index (χ1v) is 8.69. The number of hydrogen-bond acceptors (Lipinski definition) is 2. The number of halogens is 1. The van der Waals surface area contributed by atoms with Crippen molar-refractivity contribution < 1.29 is 4.74 Å². The van der Waals surface area contributed by atoms with E-state index in [9.17, 15) is 5.26 Å². The van der Waals surface area contributed by atoms with Crippen molar-refractivity contribution in [2.75, 3.05) is 0 Å². The average Bonchev–Trinajstić information content (AvgIpc) is 2.67. The molecule has 0 unspecified atom stereocenters. The van der Waals surface area contributed by atoms with Crippen LogP contribution in [0, 0.1) is 11.3 Å². The quantitative estimate of drug-likeness (QED) is 0.390. The Morgan fingerprint density at radius 2 is 1.60 bits per heavy atom. The third-order valence-electron chi connectivity index (χ3n) is 3.73. The predicted octanol–water partition coefficient (Wildman–Crippen LogP) is 6.09. The minimum absolute atomic E-state index is 0.492. The van der Waals surface area contributed by atoms with Gasteiger partial charge in [-0.2, -0.15) is 5.26 Å². The van der Waals surface area contributed by atoms with Gasteiger partial charge in [-0.3, -0.25) is 0 Å². The summed E-state index contributed by atoms with van der Waals surface area (Å²) >= 11 is 3.42. The SMILES string of the molecule is N#C/C(=C/c1ccccc1OCc1ccccc1)c1ccc(Br)cc1. The lowest BCUT2D eigenvalue weighted by atomic mass is 10.0. The van der Waals surface area contributed by atoms with Crippen molar-refractivity contribution in [3.05, 3.63) is 100 Å². The van der Waals surface area contributed by atoms with Crippen LogP contribution in [0.2, 0.25) is 0 Å². The average molecular weight is 390 g/mol. The fourth-order valence-corrected chi connectivity index (χ4v) is 2.70. The molecule has 3 aromatic rings. The van der Waals surface area contributed by atoms with Crippen LogP contribution in [0.25, 0.3) is 11.6 Å². The van der Waals surface area contributed by atoms with E-state index in [0.717, 1.165) is 26.9 Å². The van der Waals surface area contributed by atoms with E-state index in [2.05, 4.69) is 22.0 Å². The minimum atomic E-state index is 0.492. The smallest absolute Gasteiger partial charge is 0.127 e. The summed E-state index contributed by atoms with van der Waals surface area (Å²) in [5, 5.41) is 9.54. The van der Waals surface area contributed by atoms with Gasteiger partial charge in [-0.05, 0) is 35.4 Å². The first-order chi connectivity index (χ1) is 12.3. The topological polar surface area (TPSA) is 33.0 Å². The standard InChI is InChI=1S/C22H16BrNO/c23-21-12-10-18(11-13-21)20(15-24)14-19-8-4-5-9-22(19)25-16-17-6-2-1-3-7-17/h1-14H,16H2/b20-14-. The Kier molecular flexibility index (Phi) is 5.66. The molecule has 0 aliphatic carbocycles. The highest BCUT2D eigenvalue weighted by Gasteiger charge is 2.05. The fraction of sp³-hybridized carbons (Fsp3) is 0.0455. The van der Waals surface area contributed by atoms with Crippen molar-refractivity contribution >= 4 is 27.6 Å². The van der Waals surface area contributed by atoms with Gasteiger partial charge in [-0.1, -0.05) is 76.6 Å². The molecule has 3 heteroatoms. The highest BCUT2D eigenvalue weighted by molar-refractivity contribution is 9.10. The van der Waals surface area contributed by atoms with Crippen molar-refractivity contribution in [2.24, 2.45) is 0 Å². The Labute approximate surface area is 156 Å². The van der Waals surface area contributed by atoms with Crippen molar-refractivity contribution in [1.29, 1.82) is 5.26 Å². The summed E-state index contributed by atoms with van der Waals surface area (Å²) in [7, 11) is 0. The van der Waals surface area contributed by atoms with Gasteiger partial charge in [-0.25, -0.2) is 0 Å². The number of allylic oxidation sites excluding steroid dienone is 1. The van der Waals surface area contributed by atoms with Crippen LogP contribution in [0.3, 0.4) is 0 Å². The number of rotatable bonds is 5. The zero-order valence-electron chi connectivity index (χ0n) is 13.5. The van der Waals surface area contributed by atoms with Crippen LogP contribution in [-0.4, -0.2) is 0 Å². The maximum Gasteiger partial charge on any atom is 0.127 e. The van der Waals surface area contributed by atoms with E-state index in [4.69, 9.17) is 4.74 Å². The summed E-state index contributed by atoms with van der Waals surface area (Å²) in [6.07, 6.45) is 1.86. The van der Waals surface area contributed by atoms with Gasteiger partial charge in [0.05, 0.1) is 11.6 Å². The first-order valence-electron chi connectivity index (χ1n) is 7.90. The lowest BCUT2D eigenvalue weighted by Gasteiger charge is -2.10. The molecule has 0 radical (unpaired) electrons. The monoisotopic (exact) mass is 389 g/mol. The highest BCUT2D eigenvalue weighted by Crippen LogP contribution is 2.26. The summed E-state index contributed by atoms with van der Waals surface area (Å²) in [5.74, 6) is 0.760. The van der Waals surface area contributed by atoms with Gasteiger partial charge >= 0.3 is 0 Å². The second kappa shape index (κ2) is 8.32. The van der Waals surface area contributed by atoms with Crippen molar-refractivity contribution in [1.82, 2.24) is 0 Å². The Balaban J connectivity index is 1.86. The van der Waals surface area contributed by atoms with E-state index >= 15 is 0 Å². The molecule has 0 amide bonds. The molecule has 25 heavy (non-hydrogen) atoms. The maximum atomic E-state index is 9.54. The highest BCUT2D eigenvalue weighted by atomic mass is 79.9. The number of nitrogens with zero attached hydrogens (tertiary/aromatic N) is 1. The van der Waals surface area contributed by atoms with Crippen LogP contribution in [0.1, 0.15) is 16.7 Å². The molecule has 0 saturated carbocycles. The summed E-state index contributed by atoms with van der Waals surface area (Å²) in [5.41, 5.74) is 3.47. The molecule has 0 aliphatic heterocycles. The summed E-state index contributed by atoms with van der Waals surface area (Å²) in [6.45, 7) is 0.492. The van der Waals surface area contributed by atoms with E-state index in [0.29, 0.717) is 12.2 Å². The van der Waals surface area contributed by atoms with Crippen LogP contribution >= 0.6 is 15.9 Å². The van der Waals surface area contributed by atoms with Crippen LogP contribution in [0.4, 0.5) is 0 Å². The summed E-state index contributed by atoms with van der Waals surface area (Å²) in [4.78, 5) is 0. The number of para-hydroxylation sites is 1. The second-order valence-corrected chi connectivity index (χ2v) is 6.40. The molecular formula is C22H16BrNO. The summed E-state index contributed by atoms with van der Waals surface area (Å²) < 4.78 is 6.95. The Hall–Kier alpha value is -2.83. The molecule has 0 atom stereocenters. The van der Waals surface area contributed by atoms with Crippen LogP contribution in [0.15, 0.2) is 83.3 Å². The van der Waals surface area contributed by atoms with E-state index in [1.807, 2.05) is 84.9 Å². The fourth-order valence-electron chi connectivity index (χ4n) is 2.43. The second-order valence-electron chi connectivity index (χ2n) is 5.49. The molecule has 0 spiro atoms. The molecule has 0 heterocycles. The number of benzene rings is 3. The van der Waals surface area contributed by atoms with E-state index in [1.165, 1.54) is 0 Å². The third kappa shape index (κ3) is 4.59. The largest absolute Gasteiger partial charge is 0.488 e. The van der Waals surface area contributed by atoms with Gasteiger partial charge < -0.3 is 4.74 Å². The molecule has 0 saturated heterocycles. The van der Waals surface area contributed by atoms with Crippen LogP contribution in [-0.2, 0) is 6.61 Å².